The van der Waals surface area contributed by atoms with E-state index in [1.54, 1.807) is 117 Å². The predicted octanol–water partition coefficient (Wildman–Crippen LogP) is 18.3. The van der Waals surface area contributed by atoms with Gasteiger partial charge < -0.3 is 71.1 Å². The zero-order valence-corrected chi connectivity index (χ0v) is 81.7. The van der Waals surface area contributed by atoms with Crippen molar-refractivity contribution in [3.8, 4) is 130 Å². The number of aromatic hydroxyl groups is 1. The maximum atomic E-state index is 12.9. The molecule has 133 heavy (non-hydrogen) atoms. The van der Waals surface area contributed by atoms with Crippen LogP contribution in [0.15, 0.2) is 328 Å². The Bertz CT molecular complexity index is 6330. The van der Waals surface area contributed by atoms with Crippen molar-refractivity contribution >= 4 is 17.1 Å². The molecule has 0 aliphatic heterocycles. The molecule has 17 heterocycles. The molecule has 0 amide bonds. The van der Waals surface area contributed by atoms with E-state index in [-0.39, 0.29) is 128 Å². The van der Waals surface area contributed by atoms with Gasteiger partial charge in [0, 0.05) is 140 Å². The summed E-state index contributed by atoms with van der Waals surface area (Å²) in [5.74, 6) is 0.130. The third-order valence-corrected chi connectivity index (χ3v) is 18.2. The number of aromatic nitrogens is 24. The van der Waals surface area contributed by atoms with Crippen LogP contribution in [0.4, 0.5) is 26.3 Å². The summed E-state index contributed by atoms with van der Waals surface area (Å²) >= 11 is 1.47. The first-order valence-corrected chi connectivity index (χ1v) is 39.4. The van der Waals surface area contributed by atoms with E-state index in [9.17, 15) is 36.2 Å². The molecule has 0 spiro atoms. The van der Waals surface area contributed by atoms with Gasteiger partial charge in [-0.2, -0.15) is 26.3 Å². The number of hydrogen-bond donors (Lipinski definition) is 1. The first kappa shape index (κ1) is 105. The Labute approximate surface area is 834 Å². The van der Waals surface area contributed by atoms with Crippen molar-refractivity contribution in [1.82, 2.24) is 121 Å². The number of alkyl halides is 6. The van der Waals surface area contributed by atoms with Crippen LogP contribution < -0.4 is 30.6 Å². The number of ketones is 1. The third-order valence-electron chi connectivity index (χ3n) is 17.2. The number of carbonyl (C=O) groups excluding carboxylic acids is 1. The van der Waals surface area contributed by atoms with Gasteiger partial charge in [-0.1, -0.05) is 147 Å². The molecule has 0 aliphatic rings. The van der Waals surface area contributed by atoms with Crippen molar-refractivity contribution in [2.45, 2.75) is 40.0 Å². The van der Waals surface area contributed by atoms with Gasteiger partial charge >= 0.3 is 96.6 Å². The molecule has 0 aliphatic carbocycles. The smallest absolute Gasteiger partial charge is 0.574 e. The minimum Gasteiger partial charge on any atom is -0.574 e. The van der Waals surface area contributed by atoms with E-state index >= 15 is 0 Å². The molecule has 26 nitrogen and oxygen atoms in total. The molecule has 38 heteroatoms. The zero-order chi connectivity index (χ0) is 89.5. The van der Waals surface area contributed by atoms with Gasteiger partial charge in [-0.05, 0) is 136 Å². The molecule has 20 rings (SSSR count). The van der Waals surface area contributed by atoms with Crippen LogP contribution in [0.2, 0.25) is 0 Å². The Morgan fingerprint density at radius 2 is 0.632 bits per heavy atom. The summed E-state index contributed by atoms with van der Waals surface area (Å²) in [6, 6.07) is 83.6. The average molecular weight is 2700 g/mol. The standard InChI is InChI=1S/C23H14N2O.C20H13N2OS.2C9H5F3N3.2C9H8N3.2C8H7N4.5Pt/c26-23(19-9-5-7-17(15-19)21-11-1-3-13-24-21)20-10-6-8-18(16-20)22-12-2-4-14-25-22;23-19-12-13-24-20(19)18-11-5-10-17(22-18)16-9-4-8-15(21-16)14-6-2-1-3-7-14;2*10-9(11,12)8-5-7(14-15-8)6-3-1-2-4-13-6;2*1-7-6-9(12-11-7)8-4-2-3-5-10-8;2*1-6-4-7(12-11-6)8-5-9-2-3-10-8;;;;;/h1-14H;1-6,8-13,23H;2*1-5H;2*2-6H,1H3;2*2-5H,1H3;;;;;/q-2;7*-1;;4*+2. The van der Waals surface area contributed by atoms with Crippen molar-refractivity contribution in [3.05, 3.63) is 392 Å². The first-order chi connectivity index (χ1) is 62.2. The second-order valence-corrected chi connectivity index (χ2v) is 27.6. The molecule has 0 saturated carbocycles. The summed E-state index contributed by atoms with van der Waals surface area (Å²) < 4.78 is 73.2. The van der Waals surface area contributed by atoms with Crippen LogP contribution >= 0.6 is 11.3 Å². The van der Waals surface area contributed by atoms with Crippen LogP contribution in [0, 0.1) is 45.9 Å². The van der Waals surface area contributed by atoms with Crippen molar-refractivity contribution < 1.29 is 142 Å². The number of thiophene rings is 1. The number of pyridine rings is 8. The molecular weight excluding hydrogens is 2630 g/mol. The predicted molar refractivity (Wildman–Crippen MR) is 466 cm³/mol. The molecule has 0 unspecified atom stereocenters. The van der Waals surface area contributed by atoms with Gasteiger partial charge in [0.15, 0.2) is 0 Å². The van der Waals surface area contributed by atoms with Crippen molar-refractivity contribution in [1.29, 1.82) is 0 Å². The van der Waals surface area contributed by atoms with E-state index in [1.165, 1.54) is 23.7 Å². The fraction of sp³-hybridized carbons (Fsp3) is 0.0632. The first-order valence-electron chi connectivity index (χ1n) is 38.5. The van der Waals surface area contributed by atoms with Crippen LogP contribution in [0.3, 0.4) is 0 Å². The van der Waals surface area contributed by atoms with Crippen LogP contribution in [0.25, 0.3) is 124 Å². The fourth-order valence-electron chi connectivity index (χ4n) is 11.3. The van der Waals surface area contributed by atoms with Gasteiger partial charge in [0.25, 0.3) is 0 Å². The maximum absolute atomic E-state index is 12.9. The molecule has 0 bridgehead atoms. The van der Waals surface area contributed by atoms with E-state index in [4.69, 9.17) is 4.98 Å². The number of nitrogens with zero attached hydrogens (tertiary/aromatic N) is 24. The molecule has 0 radical (unpaired) electrons. The number of aryl methyl sites for hydroxylation is 4. The van der Waals surface area contributed by atoms with Crippen LogP contribution in [0.1, 0.15) is 50.1 Å². The van der Waals surface area contributed by atoms with E-state index in [1.807, 2.05) is 215 Å². The minimum absolute atomic E-state index is 0. The van der Waals surface area contributed by atoms with Gasteiger partial charge in [-0.15, -0.1) is 95.8 Å². The Hall–Kier alpha value is -13.5. The molecule has 678 valence electrons. The van der Waals surface area contributed by atoms with E-state index in [0.29, 0.717) is 22.5 Å². The monoisotopic (exact) mass is 2700 g/mol. The molecule has 0 atom stereocenters. The summed E-state index contributed by atoms with van der Waals surface area (Å²) in [5, 5.41) is 56.1. The summed E-state index contributed by atoms with van der Waals surface area (Å²) in [4.78, 5) is 63.8. The molecule has 1 N–H and O–H groups in total. The number of rotatable bonds is 13. The summed E-state index contributed by atoms with van der Waals surface area (Å²) in [5.41, 5.74) is 17.4. The third kappa shape index (κ3) is 31.3. The zero-order valence-electron chi connectivity index (χ0n) is 69.5. The van der Waals surface area contributed by atoms with E-state index in [2.05, 4.69) is 134 Å². The van der Waals surface area contributed by atoms with E-state index < -0.39 is 23.7 Å². The largest absolute Gasteiger partial charge is 2.00 e. The molecule has 3 aromatic carbocycles. The summed E-state index contributed by atoms with van der Waals surface area (Å²) in [6.07, 6.45) is 10.9. The fourth-order valence-corrected chi connectivity index (χ4v) is 12.0. The number of carbonyl (C=O) groups is 1. The normalized spacial score (nSPS) is 10.2. The average Bonchev–Trinajstić information content (AvgIpc) is 1.76. The number of benzene rings is 3. The van der Waals surface area contributed by atoms with Crippen LogP contribution in [-0.4, -0.2) is 101 Å². The molecular formula is C95H67F6N24O2Pt5S-. The quantitative estimate of drug-likeness (QED) is 0.0636. The van der Waals surface area contributed by atoms with Gasteiger partial charge in [0.05, 0.1) is 45.7 Å². The number of halogens is 6. The Morgan fingerprint density at radius 3 is 0.940 bits per heavy atom. The summed E-state index contributed by atoms with van der Waals surface area (Å²) in [7, 11) is 0. The van der Waals surface area contributed by atoms with Gasteiger partial charge in [0.1, 0.15) is 22.9 Å². The minimum atomic E-state index is -4.46. The van der Waals surface area contributed by atoms with Crippen molar-refractivity contribution in [3.63, 3.8) is 0 Å². The van der Waals surface area contributed by atoms with Crippen LogP contribution in [0.5, 0.6) is 5.75 Å². The Balaban J connectivity index is 0.000000190. The van der Waals surface area contributed by atoms with Gasteiger partial charge in [-0.25, -0.2) is 4.98 Å². The topological polar surface area (TPSA) is 354 Å². The SMILES string of the molecule is Cc1cc(-c2ccccn2)[n-]n1.Cc1cc(-c2ccccn2)[n-]n1.Cc1cc(-c2cnccn2)[n-]n1.Cc1cc(-c2cnccn2)[n-]n1.FC(F)(F)c1cc(-c2ccccn2)[n-]n1.FC(F)(F)c1cc(-c2ccccn2)[n-]n1.O=C(c1[c-]c(-c2ccccn2)ccc1)c1[c-]c(-c2ccccn2)ccc1.Oc1ccsc1-c1cccc(-c2cccc(-c3[c-]cccc3)n2)n1.[Pt+2].[Pt+2].[Pt+2].[Pt+2].[Pt]. The van der Waals surface area contributed by atoms with E-state index in [0.717, 1.165) is 136 Å². The second-order valence-electron chi connectivity index (χ2n) is 26.7. The van der Waals surface area contributed by atoms with Crippen molar-refractivity contribution in [2.75, 3.05) is 0 Å². The molecule has 0 fully saturated rings. The second kappa shape index (κ2) is 52.5. The molecule has 17 aromatic heterocycles. The molecule has 0 saturated heterocycles. The van der Waals surface area contributed by atoms with Crippen molar-refractivity contribution in [2.24, 2.45) is 0 Å². The number of hydrogen-bond acceptors (Lipinski definition) is 21. The Morgan fingerprint density at radius 1 is 0.323 bits per heavy atom. The summed E-state index contributed by atoms with van der Waals surface area (Å²) in [6.45, 7) is 7.62. The maximum Gasteiger partial charge on any atom is 2.00 e. The van der Waals surface area contributed by atoms with Crippen LogP contribution in [-0.2, 0) is 118 Å². The van der Waals surface area contributed by atoms with Gasteiger partial charge in [-0.3, -0.25) is 54.8 Å². The van der Waals surface area contributed by atoms with Gasteiger partial charge in [0.2, 0.25) is 0 Å². The Kier molecular flexibility index (Phi) is 41.4. The molecule has 20 aromatic rings.